The molecule has 2 aromatic rings. The number of allylic oxidation sites excluding steroid dienone is 3. The highest BCUT2D eigenvalue weighted by atomic mass is 19.4. The summed E-state index contributed by atoms with van der Waals surface area (Å²) >= 11 is 0. The molecule has 1 aliphatic heterocycles. The van der Waals surface area contributed by atoms with Gasteiger partial charge in [-0.05, 0) is 43.5 Å². The Bertz CT molecular complexity index is 1150. The largest absolute Gasteiger partial charge is 0.476 e. The third-order valence-corrected chi connectivity index (χ3v) is 5.25. The third-order valence-electron chi connectivity index (χ3n) is 5.25. The van der Waals surface area contributed by atoms with Crippen LogP contribution in [-0.4, -0.2) is 75.8 Å². The molecule has 1 aromatic carbocycles. The van der Waals surface area contributed by atoms with E-state index in [9.17, 15) is 22.8 Å². The van der Waals surface area contributed by atoms with Gasteiger partial charge in [-0.1, -0.05) is 12.1 Å². The lowest BCUT2D eigenvalue weighted by Gasteiger charge is -2.34. The second kappa shape index (κ2) is 11.0. The summed E-state index contributed by atoms with van der Waals surface area (Å²) in [6.45, 7) is 6.91. The molecule has 1 N–H and O–H groups in total. The summed E-state index contributed by atoms with van der Waals surface area (Å²) in [5.41, 5.74) is -0.0790. The molecule has 1 saturated heterocycles. The molecule has 0 bridgehead atoms. The molecule has 1 fully saturated rings. The number of benzene rings is 1. The number of hydrogen-bond acceptors (Lipinski definition) is 6. The molecule has 1 aromatic heterocycles. The van der Waals surface area contributed by atoms with E-state index in [4.69, 9.17) is 9.84 Å². The number of aliphatic imine (C=N–C) groups is 1. The molecule has 0 radical (unpaired) electrons. The molecule has 0 aliphatic carbocycles. The van der Waals surface area contributed by atoms with Gasteiger partial charge >= 0.3 is 18.2 Å². The summed E-state index contributed by atoms with van der Waals surface area (Å²) in [4.78, 5) is 30.9. The number of rotatable bonds is 7. The van der Waals surface area contributed by atoms with E-state index in [-0.39, 0.29) is 11.6 Å². The first-order valence-electron chi connectivity index (χ1n) is 10.6. The molecule has 1 aliphatic rings. The number of hydrogen-bond donors (Lipinski definition) is 1. The zero-order valence-corrected chi connectivity index (χ0v) is 18.9. The predicted octanol–water partition coefficient (Wildman–Crippen LogP) is 3.80. The molecule has 0 atom stereocenters. The van der Waals surface area contributed by atoms with Crippen LogP contribution in [0.5, 0.6) is 5.75 Å². The minimum Gasteiger partial charge on any atom is -0.476 e. The fraction of sp³-hybridized carbons (Fsp3) is 0.304. The van der Waals surface area contributed by atoms with Crippen LogP contribution in [-0.2, 0) is 6.54 Å². The Kier molecular flexibility index (Phi) is 8.07. The number of alkyl halides is 3. The number of carbonyl (C=O) groups is 2. The maximum Gasteiger partial charge on any atom is 0.412 e. The Labute approximate surface area is 199 Å². The molecule has 1 amide bonds. The molecule has 35 heavy (non-hydrogen) atoms. The number of aromatic nitrogens is 2. The van der Waals surface area contributed by atoms with Crippen molar-refractivity contribution in [2.45, 2.75) is 19.6 Å². The van der Waals surface area contributed by atoms with E-state index in [1.165, 1.54) is 12.3 Å². The van der Waals surface area contributed by atoms with E-state index in [0.717, 1.165) is 29.3 Å². The number of aromatic carboxylic acids is 1. The summed E-state index contributed by atoms with van der Waals surface area (Å²) in [6, 6.07) is 7.95. The monoisotopic (exact) mass is 491 g/mol. The number of nitrogens with zero attached hydrogens (tertiary/aromatic N) is 5. The van der Waals surface area contributed by atoms with Crippen molar-refractivity contribution in [3.05, 3.63) is 71.4 Å². The van der Waals surface area contributed by atoms with Gasteiger partial charge in [-0.2, -0.15) is 23.0 Å². The van der Waals surface area contributed by atoms with Gasteiger partial charge in [0.25, 0.3) is 0 Å². The number of carboxylic acids is 1. The van der Waals surface area contributed by atoms with Gasteiger partial charge in [-0.3, -0.25) is 4.90 Å². The fourth-order valence-corrected chi connectivity index (χ4v) is 3.28. The fourth-order valence-electron chi connectivity index (χ4n) is 3.28. The third kappa shape index (κ3) is 7.03. The summed E-state index contributed by atoms with van der Waals surface area (Å²) in [5.74, 6) is -0.865. The van der Waals surface area contributed by atoms with Gasteiger partial charge in [-0.25, -0.2) is 14.6 Å². The molecule has 0 saturated carbocycles. The molecule has 0 spiro atoms. The SMILES string of the molecule is C=N/C(=C\C=C(/C)C(F)(F)F)Oc1cccc(CN2CCN(C(=O)n3ccc(C(=O)O)n3)CC2)c1. The Balaban J connectivity index is 1.57. The lowest BCUT2D eigenvalue weighted by Crippen LogP contribution is -2.49. The average Bonchev–Trinajstić information content (AvgIpc) is 3.32. The van der Waals surface area contributed by atoms with E-state index in [0.29, 0.717) is 38.5 Å². The minimum atomic E-state index is -4.43. The summed E-state index contributed by atoms with van der Waals surface area (Å²) in [6.07, 6.45) is -1.13. The molecule has 9 nitrogen and oxygen atoms in total. The Morgan fingerprint density at radius 1 is 1.20 bits per heavy atom. The second-order valence-electron chi connectivity index (χ2n) is 7.76. The maximum absolute atomic E-state index is 12.7. The van der Waals surface area contributed by atoms with Crippen LogP contribution in [0.15, 0.2) is 65.1 Å². The predicted molar refractivity (Wildman–Crippen MR) is 121 cm³/mol. The van der Waals surface area contributed by atoms with Crippen molar-refractivity contribution in [2.24, 2.45) is 4.99 Å². The van der Waals surface area contributed by atoms with Crippen molar-refractivity contribution < 1.29 is 32.6 Å². The standard InChI is InChI=1S/C23H24F3N5O4/c1-16(23(24,25)26)6-7-20(27-2)35-18-5-3-4-17(14-18)15-29-10-12-30(13-11-29)22(34)31-9-8-19(28-31)21(32)33/h3-9,14H,2,10-13,15H2,1H3,(H,32,33)/b16-6+,20-7+. The lowest BCUT2D eigenvalue weighted by molar-refractivity contribution is -0.0913. The Hall–Kier alpha value is -3.93. The van der Waals surface area contributed by atoms with E-state index in [1.807, 2.05) is 6.07 Å². The number of carboxylic acid groups (broad SMARTS) is 1. The molecular weight excluding hydrogens is 467 g/mol. The van der Waals surface area contributed by atoms with Crippen molar-refractivity contribution in [2.75, 3.05) is 26.2 Å². The Morgan fingerprint density at radius 3 is 2.51 bits per heavy atom. The van der Waals surface area contributed by atoms with Crippen LogP contribution >= 0.6 is 0 Å². The van der Waals surface area contributed by atoms with E-state index in [2.05, 4.69) is 21.7 Å². The maximum atomic E-state index is 12.7. The van der Waals surface area contributed by atoms with Gasteiger partial charge in [-0.15, -0.1) is 0 Å². The topological polar surface area (TPSA) is 100 Å². The van der Waals surface area contributed by atoms with Crippen LogP contribution < -0.4 is 4.74 Å². The number of carbonyl (C=O) groups excluding carboxylic acids is 1. The highest BCUT2D eigenvalue weighted by Crippen LogP contribution is 2.25. The van der Waals surface area contributed by atoms with Crippen molar-refractivity contribution in [1.82, 2.24) is 19.6 Å². The first-order valence-corrected chi connectivity index (χ1v) is 10.6. The second-order valence-corrected chi connectivity index (χ2v) is 7.76. The number of amides is 1. The van der Waals surface area contributed by atoms with Crippen LogP contribution in [0.1, 0.15) is 23.0 Å². The van der Waals surface area contributed by atoms with Crippen LogP contribution in [0.4, 0.5) is 18.0 Å². The van der Waals surface area contributed by atoms with Crippen molar-refractivity contribution in [3.63, 3.8) is 0 Å². The number of halogens is 3. The number of ether oxygens (including phenoxy) is 1. The molecule has 0 unspecified atom stereocenters. The summed E-state index contributed by atoms with van der Waals surface area (Å²) in [5, 5.41) is 12.7. The summed E-state index contributed by atoms with van der Waals surface area (Å²) in [7, 11) is 0. The lowest BCUT2D eigenvalue weighted by atomic mass is 10.2. The van der Waals surface area contributed by atoms with Gasteiger partial charge in [0.2, 0.25) is 5.88 Å². The zero-order chi connectivity index (χ0) is 25.6. The van der Waals surface area contributed by atoms with Gasteiger partial charge in [0.15, 0.2) is 5.69 Å². The molecule has 2 heterocycles. The van der Waals surface area contributed by atoms with Gasteiger partial charge < -0.3 is 14.7 Å². The van der Waals surface area contributed by atoms with Crippen LogP contribution in [0.3, 0.4) is 0 Å². The molecular formula is C23H24F3N5O4. The van der Waals surface area contributed by atoms with Crippen molar-refractivity contribution >= 4 is 18.7 Å². The van der Waals surface area contributed by atoms with E-state index >= 15 is 0 Å². The van der Waals surface area contributed by atoms with Crippen LogP contribution in [0.25, 0.3) is 0 Å². The van der Waals surface area contributed by atoms with Gasteiger partial charge in [0.05, 0.1) is 0 Å². The highest BCUT2D eigenvalue weighted by molar-refractivity contribution is 5.86. The zero-order valence-electron chi connectivity index (χ0n) is 18.9. The molecule has 186 valence electrons. The van der Waals surface area contributed by atoms with E-state index < -0.39 is 23.7 Å². The quantitative estimate of drug-likeness (QED) is 0.359. The highest BCUT2D eigenvalue weighted by Gasteiger charge is 2.29. The molecule has 12 heteroatoms. The van der Waals surface area contributed by atoms with Gasteiger partial charge in [0.1, 0.15) is 5.75 Å². The smallest absolute Gasteiger partial charge is 0.412 e. The van der Waals surface area contributed by atoms with Crippen molar-refractivity contribution in [3.8, 4) is 5.75 Å². The first kappa shape index (κ1) is 25.7. The average molecular weight is 491 g/mol. The van der Waals surface area contributed by atoms with E-state index in [1.54, 1.807) is 23.1 Å². The van der Waals surface area contributed by atoms with Crippen molar-refractivity contribution in [1.29, 1.82) is 0 Å². The molecule has 3 rings (SSSR count). The van der Waals surface area contributed by atoms with Gasteiger partial charge in [0, 0.05) is 50.6 Å². The summed E-state index contributed by atoms with van der Waals surface area (Å²) < 4.78 is 44.6. The minimum absolute atomic E-state index is 0.0671. The van der Waals surface area contributed by atoms with Crippen LogP contribution in [0, 0.1) is 0 Å². The Morgan fingerprint density at radius 2 is 1.91 bits per heavy atom. The normalized spacial score (nSPS) is 15.7. The first-order chi connectivity index (χ1) is 16.6. The van der Waals surface area contributed by atoms with Crippen LogP contribution in [0.2, 0.25) is 0 Å². The number of piperazine rings is 1.